The molecule has 0 aromatic heterocycles. The molecule has 2 unspecified atom stereocenters. The minimum atomic E-state index is -0.586. The highest BCUT2D eigenvalue weighted by Crippen LogP contribution is 2.20. The molecular formula is C48H94O5. The number of hydrogen-bond acceptors (Lipinski definition) is 5. The summed E-state index contributed by atoms with van der Waals surface area (Å²) in [5, 5.41) is 11.0. The van der Waals surface area contributed by atoms with Crippen LogP contribution in [-0.4, -0.2) is 35.9 Å². The second kappa shape index (κ2) is 43.6. The Morgan fingerprint density at radius 3 is 1.08 bits per heavy atom. The van der Waals surface area contributed by atoms with Crippen molar-refractivity contribution in [2.75, 3.05) is 6.61 Å². The zero-order valence-electron chi connectivity index (χ0n) is 36.2. The highest BCUT2D eigenvalue weighted by Gasteiger charge is 2.22. The number of aliphatic hydroxyl groups is 1. The Balaban J connectivity index is 3.99. The first-order chi connectivity index (χ1) is 26.0. The molecule has 0 aliphatic carbocycles. The Labute approximate surface area is 331 Å². The molecule has 0 amide bonds. The second-order valence-electron chi connectivity index (χ2n) is 16.6. The van der Waals surface area contributed by atoms with Crippen molar-refractivity contribution in [1.82, 2.24) is 0 Å². The van der Waals surface area contributed by atoms with E-state index in [1.54, 1.807) is 0 Å². The normalized spacial score (nSPS) is 12.6. The van der Waals surface area contributed by atoms with E-state index in [0.29, 0.717) is 25.9 Å². The van der Waals surface area contributed by atoms with Gasteiger partial charge in [0.25, 0.3) is 0 Å². The molecule has 316 valence electrons. The molecule has 0 spiro atoms. The van der Waals surface area contributed by atoms with Crippen molar-refractivity contribution in [3.63, 3.8) is 0 Å². The Hall–Kier alpha value is -1.10. The molecular weight excluding hydrogens is 657 g/mol. The summed E-state index contributed by atoms with van der Waals surface area (Å²) in [5.41, 5.74) is 0. The van der Waals surface area contributed by atoms with E-state index in [2.05, 4.69) is 20.8 Å². The lowest BCUT2D eigenvalue weighted by Gasteiger charge is -2.23. The summed E-state index contributed by atoms with van der Waals surface area (Å²) in [4.78, 5) is 24.8. The van der Waals surface area contributed by atoms with E-state index in [0.717, 1.165) is 77.0 Å². The van der Waals surface area contributed by atoms with Crippen molar-refractivity contribution in [3.05, 3.63) is 0 Å². The first kappa shape index (κ1) is 51.9. The highest BCUT2D eigenvalue weighted by molar-refractivity contribution is 5.69. The topological polar surface area (TPSA) is 72.8 Å². The van der Waals surface area contributed by atoms with Gasteiger partial charge in [-0.05, 0) is 38.5 Å². The van der Waals surface area contributed by atoms with Gasteiger partial charge in [0.15, 0.2) is 0 Å². The first-order valence-electron chi connectivity index (χ1n) is 24.1. The van der Waals surface area contributed by atoms with Gasteiger partial charge in [0.05, 0.1) is 12.7 Å². The molecule has 0 saturated carbocycles. The van der Waals surface area contributed by atoms with E-state index >= 15 is 0 Å². The van der Waals surface area contributed by atoms with Crippen LogP contribution in [0.1, 0.15) is 278 Å². The zero-order valence-corrected chi connectivity index (χ0v) is 36.2. The fourth-order valence-corrected chi connectivity index (χ4v) is 7.51. The van der Waals surface area contributed by atoms with Gasteiger partial charge < -0.3 is 14.6 Å². The van der Waals surface area contributed by atoms with Crippen LogP contribution in [0.5, 0.6) is 0 Å². The lowest BCUT2D eigenvalue weighted by molar-refractivity contribution is -0.156. The summed E-state index contributed by atoms with van der Waals surface area (Å²) in [6.45, 7) is 7.31. The van der Waals surface area contributed by atoms with Crippen molar-refractivity contribution in [2.24, 2.45) is 0 Å². The minimum Gasteiger partial charge on any atom is -0.466 e. The Kier molecular flexibility index (Phi) is 42.7. The maximum absolute atomic E-state index is 12.8. The van der Waals surface area contributed by atoms with Gasteiger partial charge >= 0.3 is 11.9 Å². The predicted octanol–water partition coefficient (Wildman–Crippen LogP) is 15.5. The molecule has 0 aliphatic rings. The molecule has 0 aromatic rings. The summed E-state index contributed by atoms with van der Waals surface area (Å²) < 4.78 is 11.3. The second-order valence-corrected chi connectivity index (χ2v) is 16.6. The third-order valence-electron chi connectivity index (χ3n) is 11.2. The lowest BCUT2D eigenvalue weighted by atomic mass is 9.99. The number of carbonyl (C=O) groups is 2. The van der Waals surface area contributed by atoms with Crippen molar-refractivity contribution in [3.8, 4) is 0 Å². The lowest BCUT2D eigenvalue weighted by Crippen LogP contribution is -2.31. The molecule has 2 atom stereocenters. The molecule has 0 aromatic carbocycles. The zero-order chi connectivity index (χ0) is 38.7. The van der Waals surface area contributed by atoms with Gasteiger partial charge in [-0.3, -0.25) is 9.59 Å². The molecule has 0 aliphatic heterocycles. The van der Waals surface area contributed by atoms with Crippen molar-refractivity contribution < 1.29 is 24.2 Å². The standard InChI is InChI=1S/C48H94O5/c1-4-7-10-13-16-17-18-19-20-21-22-23-24-25-26-27-28-32-38-43-48(51)53-46(41-36-31-14-11-8-5-2)45(49)40-35-30-29-33-37-42-47(50)52-44-39-34-15-12-9-6-3/h45-46,49H,4-44H2,1-3H3. The Bertz CT molecular complexity index is 739. The molecule has 5 heteroatoms. The SMILES string of the molecule is CCCCCCCCCCCCCCCCCCCCCC(=O)OC(CCCCCCCC)C(O)CCCCCCCC(=O)OCCCCCCCC. The summed E-state index contributed by atoms with van der Waals surface area (Å²) in [6.07, 6.45) is 46.2. The van der Waals surface area contributed by atoms with E-state index in [1.807, 2.05) is 0 Å². The van der Waals surface area contributed by atoms with Gasteiger partial charge in [-0.15, -0.1) is 0 Å². The van der Waals surface area contributed by atoms with Gasteiger partial charge in [-0.1, -0.05) is 226 Å². The molecule has 1 N–H and O–H groups in total. The van der Waals surface area contributed by atoms with E-state index < -0.39 is 6.10 Å². The van der Waals surface area contributed by atoms with Crippen LogP contribution in [0.2, 0.25) is 0 Å². The minimum absolute atomic E-state index is 0.0615. The van der Waals surface area contributed by atoms with Crippen LogP contribution in [0.4, 0.5) is 0 Å². The number of carbonyl (C=O) groups excluding carboxylic acids is 2. The quantitative estimate of drug-likeness (QED) is 0.0496. The summed E-state index contributed by atoms with van der Waals surface area (Å²) in [6, 6.07) is 0. The fourth-order valence-electron chi connectivity index (χ4n) is 7.51. The summed E-state index contributed by atoms with van der Waals surface area (Å²) in [5.74, 6) is -0.191. The molecule has 5 nitrogen and oxygen atoms in total. The van der Waals surface area contributed by atoms with Gasteiger partial charge in [-0.25, -0.2) is 0 Å². The number of ether oxygens (including phenoxy) is 2. The van der Waals surface area contributed by atoms with Crippen LogP contribution in [0.25, 0.3) is 0 Å². The molecule has 0 bridgehead atoms. The molecule has 0 saturated heterocycles. The van der Waals surface area contributed by atoms with Crippen LogP contribution in [0.15, 0.2) is 0 Å². The van der Waals surface area contributed by atoms with E-state index in [-0.39, 0.29) is 18.0 Å². The largest absolute Gasteiger partial charge is 0.466 e. The predicted molar refractivity (Wildman–Crippen MR) is 229 cm³/mol. The van der Waals surface area contributed by atoms with E-state index in [1.165, 1.54) is 161 Å². The third-order valence-corrected chi connectivity index (χ3v) is 11.2. The fraction of sp³-hybridized carbons (Fsp3) is 0.958. The van der Waals surface area contributed by atoms with Crippen LogP contribution in [-0.2, 0) is 19.1 Å². The first-order valence-corrected chi connectivity index (χ1v) is 24.1. The average molecular weight is 751 g/mol. The van der Waals surface area contributed by atoms with Crippen molar-refractivity contribution >= 4 is 11.9 Å². The van der Waals surface area contributed by atoms with Crippen molar-refractivity contribution in [2.45, 2.75) is 290 Å². The number of esters is 2. The van der Waals surface area contributed by atoms with Gasteiger partial charge in [0.2, 0.25) is 0 Å². The van der Waals surface area contributed by atoms with Gasteiger partial charge in [0, 0.05) is 12.8 Å². The van der Waals surface area contributed by atoms with E-state index in [9.17, 15) is 14.7 Å². The smallest absolute Gasteiger partial charge is 0.306 e. The maximum Gasteiger partial charge on any atom is 0.306 e. The van der Waals surface area contributed by atoms with Crippen LogP contribution < -0.4 is 0 Å². The maximum atomic E-state index is 12.8. The molecule has 53 heavy (non-hydrogen) atoms. The monoisotopic (exact) mass is 751 g/mol. The van der Waals surface area contributed by atoms with E-state index in [4.69, 9.17) is 9.47 Å². The Morgan fingerprint density at radius 1 is 0.377 bits per heavy atom. The molecule has 0 fully saturated rings. The third kappa shape index (κ3) is 40.4. The molecule has 0 rings (SSSR count). The summed E-state index contributed by atoms with van der Waals surface area (Å²) in [7, 11) is 0. The number of hydrogen-bond donors (Lipinski definition) is 1. The number of rotatable bonds is 44. The number of unbranched alkanes of at least 4 members (excludes halogenated alkanes) is 32. The Morgan fingerprint density at radius 2 is 0.679 bits per heavy atom. The summed E-state index contributed by atoms with van der Waals surface area (Å²) >= 11 is 0. The van der Waals surface area contributed by atoms with Gasteiger partial charge in [-0.2, -0.15) is 0 Å². The van der Waals surface area contributed by atoms with Crippen molar-refractivity contribution in [1.29, 1.82) is 0 Å². The number of aliphatic hydroxyl groups excluding tert-OH is 1. The average Bonchev–Trinajstić information content (AvgIpc) is 3.15. The highest BCUT2D eigenvalue weighted by atomic mass is 16.6. The molecule has 0 radical (unpaired) electrons. The van der Waals surface area contributed by atoms with Crippen LogP contribution >= 0.6 is 0 Å². The van der Waals surface area contributed by atoms with Gasteiger partial charge in [0.1, 0.15) is 6.10 Å². The van der Waals surface area contributed by atoms with Crippen LogP contribution in [0.3, 0.4) is 0 Å². The van der Waals surface area contributed by atoms with Crippen LogP contribution in [0, 0.1) is 0 Å². The molecule has 0 heterocycles.